The molecule has 0 bridgehead atoms. The predicted octanol–water partition coefficient (Wildman–Crippen LogP) is 2.07. The van der Waals surface area contributed by atoms with Crippen LogP contribution in [0.4, 0.5) is 0 Å². The van der Waals surface area contributed by atoms with Crippen molar-refractivity contribution in [2.75, 3.05) is 40.3 Å². The van der Waals surface area contributed by atoms with E-state index in [1.165, 1.54) is 32.1 Å². The van der Waals surface area contributed by atoms with Crippen molar-refractivity contribution in [3.63, 3.8) is 0 Å². The summed E-state index contributed by atoms with van der Waals surface area (Å²) in [6.45, 7) is 8.65. The van der Waals surface area contributed by atoms with Crippen LogP contribution in [0.25, 0.3) is 0 Å². The number of guanidine groups is 1. The van der Waals surface area contributed by atoms with Gasteiger partial charge in [0.1, 0.15) is 0 Å². The van der Waals surface area contributed by atoms with E-state index in [4.69, 9.17) is 0 Å². The molecule has 19 heavy (non-hydrogen) atoms. The van der Waals surface area contributed by atoms with E-state index in [0.717, 1.165) is 32.1 Å². The van der Waals surface area contributed by atoms with E-state index in [2.05, 4.69) is 41.4 Å². The molecular weight excluding hydrogens is 236 g/mol. The minimum Gasteiger partial charge on any atom is -0.356 e. The summed E-state index contributed by atoms with van der Waals surface area (Å²) in [5.41, 5.74) is 0.512. The van der Waals surface area contributed by atoms with Gasteiger partial charge in [-0.25, -0.2) is 0 Å². The van der Waals surface area contributed by atoms with E-state index in [-0.39, 0.29) is 0 Å². The van der Waals surface area contributed by atoms with E-state index in [1.54, 1.807) is 0 Å². The van der Waals surface area contributed by atoms with Crippen molar-refractivity contribution in [3.8, 4) is 0 Å². The predicted molar refractivity (Wildman–Crippen MR) is 83.7 cm³/mol. The smallest absolute Gasteiger partial charge is 0.191 e. The highest BCUT2D eigenvalue weighted by molar-refractivity contribution is 5.79. The molecule has 0 unspecified atom stereocenters. The van der Waals surface area contributed by atoms with E-state index in [0.29, 0.717) is 5.41 Å². The lowest BCUT2D eigenvalue weighted by Crippen LogP contribution is -2.44. The van der Waals surface area contributed by atoms with Gasteiger partial charge in [0.25, 0.3) is 0 Å². The molecule has 0 aliphatic heterocycles. The van der Waals surface area contributed by atoms with Crippen LogP contribution in [0.2, 0.25) is 0 Å². The SMILES string of the molecule is CCN(C)CCNC(=NC)NCC1(CC)CCCC1. The lowest BCUT2D eigenvalue weighted by Gasteiger charge is -2.28. The third-order valence-electron chi connectivity index (χ3n) is 4.59. The molecule has 0 radical (unpaired) electrons. The van der Waals surface area contributed by atoms with E-state index in [9.17, 15) is 0 Å². The lowest BCUT2D eigenvalue weighted by atomic mass is 9.83. The molecule has 0 aromatic rings. The van der Waals surface area contributed by atoms with Gasteiger partial charge < -0.3 is 15.5 Å². The van der Waals surface area contributed by atoms with Crippen molar-refractivity contribution in [1.82, 2.24) is 15.5 Å². The average Bonchev–Trinajstić information content (AvgIpc) is 2.91. The topological polar surface area (TPSA) is 39.7 Å². The molecule has 0 amide bonds. The van der Waals surface area contributed by atoms with Gasteiger partial charge in [0.15, 0.2) is 5.96 Å². The Morgan fingerprint density at radius 2 is 1.89 bits per heavy atom. The maximum Gasteiger partial charge on any atom is 0.191 e. The molecule has 0 aromatic heterocycles. The number of likely N-dealkylation sites (N-methyl/N-ethyl adjacent to an activating group) is 1. The Balaban J connectivity index is 2.28. The van der Waals surface area contributed by atoms with Crippen LogP contribution in [0.15, 0.2) is 4.99 Å². The zero-order valence-corrected chi connectivity index (χ0v) is 13.3. The summed E-state index contributed by atoms with van der Waals surface area (Å²) in [4.78, 5) is 6.61. The van der Waals surface area contributed by atoms with Crippen LogP contribution in [0, 0.1) is 5.41 Å². The number of hydrogen-bond acceptors (Lipinski definition) is 2. The van der Waals surface area contributed by atoms with Crippen molar-refractivity contribution >= 4 is 5.96 Å². The maximum atomic E-state index is 4.31. The van der Waals surface area contributed by atoms with Gasteiger partial charge in [-0.05, 0) is 38.3 Å². The summed E-state index contributed by atoms with van der Waals surface area (Å²) in [6.07, 6.45) is 6.79. The molecule has 1 rings (SSSR count). The third kappa shape index (κ3) is 5.39. The zero-order chi connectivity index (χ0) is 14.1. The molecule has 1 fully saturated rings. The molecule has 0 saturated heterocycles. The molecule has 4 nitrogen and oxygen atoms in total. The van der Waals surface area contributed by atoms with Gasteiger partial charge >= 0.3 is 0 Å². The summed E-state index contributed by atoms with van der Waals surface area (Å²) in [6, 6.07) is 0. The average molecular weight is 268 g/mol. The molecule has 4 heteroatoms. The van der Waals surface area contributed by atoms with Gasteiger partial charge in [0.05, 0.1) is 0 Å². The molecule has 0 atom stereocenters. The van der Waals surface area contributed by atoms with Crippen LogP contribution in [-0.4, -0.2) is 51.1 Å². The Bertz CT molecular complexity index is 269. The molecule has 2 N–H and O–H groups in total. The number of nitrogens with zero attached hydrogens (tertiary/aromatic N) is 2. The van der Waals surface area contributed by atoms with Crippen molar-refractivity contribution < 1.29 is 0 Å². The Labute approximate surface area is 119 Å². The standard InChI is InChI=1S/C15H32N4/c1-5-15(9-7-8-10-15)13-18-14(16-3)17-11-12-19(4)6-2/h5-13H2,1-4H3,(H2,16,17,18). The van der Waals surface area contributed by atoms with Crippen LogP contribution in [0.3, 0.4) is 0 Å². The second kappa shape index (κ2) is 8.41. The first-order chi connectivity index (χ1) is 9.15. The van der Waals surface area contributed by atoms with Crippen LogP contribution < -0.4 is 10.6 Å². The lowest BCUT2D eigenvalue weighted by molar-refractivity contribution is 0.283. The van der Waals surface area contributed by atoms with E-state index in [1.807, 2.05) is 7.05 Å². The van der Waals surface area contributed by atoms with Crippen molar-refractivity contribution in [2.45, 2.75) is 46.0 Å². The fraction of sp³-hybridized carbons (Fsp3) is 0.933. The van der Waals surface area contributed by atoms with E-state index >= 15 is 0 Å². The Kier molecular flexibility index (Phi) is 7.21. The highest BCUT2D eigenvalue weighted by Crippen LogP contribution is 2.40. The third-order valence-corrected chi connectivity index (χ3v) is 4.59. The molecule has 1 aliphatic carbocycles. The van der Waals surface area contributed by atoms with Crippen molar-refractivity contribution in [1.29, 1.82) is 0 Å². The molecule has 1 saturated carbocycles. The number of nitrogens with one attached hydrogen (secondary N) is 2. The molecule has 0 heterocycles. The molecule has 112 valence electrons. The minimum absolute atomic E-state index is 0.512. The first kappa shape index (κ1) is 16.3. The van der Waals surface area contributed by atoms with Crippen LogP contribution in [-0.2, 0) is 0 Å². The molecule has 1 aliphatic rings. The van der Waals surface area contributed by atoms with Gasteiger partial charge in [0.2, 0.25) is 0 Å². The normalized spacial score (nSPS) is 18.9. The summed E-state index contributed by atoms with van der Waals surface area (Å²) >= 11 is 0. The van der Waals surface area contributed by atoms with E-state index < -0.39 is 0 Å². The van der Waals surface area contributed by atoms with Gasteiger partial charge in [0, 0.05) is 26.7 Å². The molecular formula is C15H32N4. The minimum atomic E-state index is 0.512. The summed E-state index contributed by atoms with van der Waals surface area (Å²) < 4.78 is 0. The first-order valence-corrected chi connectivity index (χ1v) is 7.79. The number of hydrogen-bond donors (Lipinski definition) is 2. The molecule has 0 spiro atoms. The second-order valence-corrected chi connectivity index (χ2v) is 5.81. The zero-order valence-electron chi connectivity index (χ0n) is 13.3. The fourth-order valence-corrected chi connectivity index (χ4v) is 2.80. The van der Waals surface area contributed by atoms with Crippen LogP contribution in [0.1, 0.15) is 46.0 Å². The highest BCUT2D eigenvalue weighted by Gasteiger charge is 2.31. The summed E-state index contributed by atoms with van der Waals surface area (Å²) in [7, 11) is 3.99. The maximum absolute atomic E-state index is 4.31. The van der Waals surface area contributed by atoms with Gasteiger partial charge in [-0.3, -0.25) is 4.99 Å². The van der Waals surface area contributed by atoms with Crippen LogP contribution >= 0.6 is 0 Å². The second-order valence-electron chi connectivity index (χ2n) is 5.81. The fourth-order valence-electron chi connectivity index (χ4n) is 2.80. The number of rotatable bonds is 7. The summed E-state index contributed by atoms with van der Waals surface area (Å²) in [5, 5.41) is 6.91. The Morgan fingerprint density at radius 1 is 1.21 bits per heavy atom. The van der Waals surface area contributed by atoms with Gasteiger partial charge in [-0.2, -0.15) is 0 Å². The highest BCUT2D eigenvalue weighted by atomic mass is 15.2. The van der Waals surface area contributed by atoms with Crippen molar-refractivity contribution in [2.24, 2.45) is 10.4 Å². The van der Waals surface area contributed by atoms with Gasteiger partial charge in [-0.15, -0.1) is 0 Å². The largest absolute Gasteiger partial charge is 0.356 e. The van der Waals surface area contributed by atoms with Crippen LogP contribution in [0.5, 0.6) is 0 Å². The van der Waals surface area contributed by atoms with Gasteiger partial charge in [-0.1, -0.05) is 26.7 Å². The quantitative estimate of drug-likeness (QED) is 0.548. The molecule has 0 aromatic carbocycles. The Hall–Kier alpha value is -0.770. The monoisotopic (exact) mass is 268 g/mol. The summed E-state index contributed by atoms with van der Waals surface area (Å²) in [5.74, 6) is 0.948. The Morgan fingerprint density at radius 3 is 2.42 bits per heavy atom. The van der Waals surface area contributed by atoms with Crippen molar-refractivity contribution in [3.05, 3.63) is 0 Å². The number of aliphatic imine (C=N–C) groups is 1. The first-order valence-electron chi connectivity index (χ1n) is 7.79.